The van der Waals surface area contributed by atoms with Crippen LogP contribution < -0.4 is 9.47 Å². The number of halogens is 2. The maximum Gasteiger partial charge on any atom is 0.387 e. The molecule has 0 aliphatic carbocycles. The van der Waals surface area contributed by atoms with Crippen molar-refractivity contribution in [1.29, 1.82) is 0 Å². The number of pyridine rings is 1. The number of carbonyl (C=O) groups is 1. The largest absolute Gasteiger partial charge is 0.472 e. The molecule has 5 nitrogen and oxygen atoms in total. The number of rotatable bonds is 5. The van der Waals surface area contributed by atoms with Crippen molar-refractivity contribution in [2.24, 2.45) is 0 Å². The summed E-state index contributed by atoms with van der Waals surface area (Å²) in [6, 6.07) is 11.1. The Morgan fingerprint density at radius 3 is 2.67 bits per heavy atom. The highest BCUT2D eigenvalue weighted by molar-refractivity contribution is 5.94. The van der Waals surface area contributed by atoms with Gasteiger partial charge in [-0.25, -0.2) is 4.98 Å². The quantitative estimate of drug-likeness (QED) is 0.843. The van der Waals surface area contributed by atoms with Gasteiger partial charge in [0.05, 0.1) is 6.54 Å². The molecule has 1 fully saturated rings. The highest BCUT2D eigenvalue weighted by Gasteiger charge is 2.28. The first kappa shape index (κ1) is 16.2. The lowest BCUT2D eigenvalue weighted by atomic mass is 10.2. The molecule has 1 aliphatic heterocycles. The minimum Gasteiger partial charge on any atom is -0.472 e. The van der Waals surface area contributed by atoms with Gasteiger partial charge in [0.2, 0.25) is 5.88 Å². The standard InChI is InChI=1S/C17H16F2N2O3/c18-17(19)24-13-6-4-12(5-7-13)16(22)21-10-8-14(11-21)23-15-3-1-2-9-20-15/h1-7,9,14,17H,8,10-11H2/t14-/m0/s1. The van der Waals surface area contributed by atoms with Gasteiger partial charge in [0.25, 0.3) is 5.91 Å². The Kier molecular flexibility index (Phi) is 4.88. The van der Waals surface area contributed by atoms with E-state index >= 15 is 0 Å². The summed E-state index contributed by atoms with van der Waals surface area (Å²) in [4.78, 5) is 18.2. The van der Waals surface area contributed by atoms with Crippen molar-refractivity contribution in [3.05, 3.63) is 54.2 Å². The van der Waals surface area contributed by atoms with Gasteiger partial charge in [-0.15, -0.1) is 0 Å². The van der Waals surface area contributed by atoms with Crippen molar-refractivity contribution in [3.63, 3.8) is 0 Å². The fourth-order valence-electron chi connectivity index (χ4n) is 2.56. The van der Waals surface area contributed by atoms with Crippen molar-refractivity contribution in [2.45, 2.75) is 19.1 Å². The van der Waals surface area contributed by atoms with Gasteiger partial charge in [0, 0.05) is 30.8 Å². The summed E-state index contributed by atoms with van der Waals surface area (Å²) in [5.74, 6) is 0.398. The molecule has 1 aromatic carbocycles. The van der Waals surface area contributed by atoms with Crippen LogP contribution in [0.4, 0.5) is 8.78 Å². The number of alkyl halides is 2. The molecule has 0 bridgehead atoms. The molecule has 1 aromatic heterocycles. The van der Waals surface area contributed by atoms with E-state index in [1.165, 1.54) is 24.3 Å². The number of benzene rings is 1. The Hall–Kier alpha value is -2.70. The SMILES string of the molecule is O=C(c1ccc(OC(F)F)cc1)N1CC[C@H](Oc2ccccn2)C1. The summed E-state index contributed by atoms with van der Waals surface area (Å²) in [7, 11) is 0. The molecule has 0 spiro atoms. The maximum absolute atomic E-state index is 12.4. The lowest BCUT2D eigenvalue weighted by Crippen LogP contribution is -2.31. The number of carbonyl (C=O) groups excluding carboxylic acids is 1. The fraction of sp³-hybridized carbons (Fsp3) is 0.294. The van der Waals surface area contributed by atoms with Crippen molar-refractivity contribution in [3.8, 4) is 11.6 Å². The molecule has 1 amide bonds. The number of ether oxygens (including phenoxy) is 2. The molecule has 0 radical (unpaired) electrons. The maximum atomic E-state index is 12.4. The number of aromatic nitrogens is 1. The van der Waals surface area contributed by atoms with Gasteiger partial charge >= 0.3 is 6.61 Å². The van der Waals surface area contributed by atoms with Crippen LogP contribution >= 0.6 is 0 Å². The minimum absolute atomic E-state index is 0.0272. The second-order valence-corrected chi connectivity index (χ2v) is 5.35. The molecule has 7 heteroatoms. The lowest BCUT2D eigenvalue weighted by Gasteiger charge is -2.17. The van der Waals surface area contributed by atoms with Gasteiger partial charge in [-0.05, 0) is 30.3 Å². The smallest absolute Gasteiger partial charge is 0.387 e. The number of hydrogen-bond acceptors (Lipinski definition) is 4. The van der Waals surface area contributed by atoms with E-state index in [1.807, 2.05) is 6.07 Å². The number of nitrogens with zero attached hydrogens (tertiary/aromatic N) is 2. The molecule has 2 aromatic rings. The third kappa shape index (κ3) is 3.98. The first-order valence-corrected chi connectivity index (χ1v) is 7.53. The fourth-order valence-corrected chi connectivity index (χ4v) is 2.56. The zero-order chi connectivity index (χ0) is 16.9. The second kappa shape index (κ2) is 7.25. The van der Waals surface area contributed by atoms with Gasteiger partial charge in [-0.2, -0.15) is 8.78 Å². The molecule has 1 aliphatic rings. The summed E-state index contributed by atoms with van der Waals surface area (Å²) in [5.41, 5.74) is 0.426. The van der Waals surface area contributed by atoms with E-state index in [4.69, 9.17) is 4.74 Å². The molecular weight excluding hydrogens is 318 g/mol. The van der Waals surface area contributed by atoms with Crippen LogP contribution in [0.15, 0.2) is 48.7 Å². The summed E-state index contributed by atoms with van der Waals surface area (Å²) in [6.45, 7) is -1.84. The second-order valence-electron chi connectivity index (χ2n) is 5.35. The van der Waals surface area contributed by atoms with E-state index in [0.29, 0.717) is 24.5 Å². The zero-order valence-electron chi connectivity index (χ0n) is 12.8. The van der Waals surface area contributed by atoms with Crippen LogP contribution in [0.25, 0.3) is 0 Å². The number of likely N-dealkylation sites (tertiary alicyclic amines) is 1. The minimum atomic E-state index is -2.88. The average molecular weight is 334 g/mol. The summed E-state index contributed by atoms with van der Waals surface area (Å²) < 4.78 is 34.3. The summed E-state index contributed by atoms with van der Waals surface area (Å²) >= 11 is 0. The molecule has 1 atom stereocenters. The van der Waals surface area contributed by atoms with E-state index in [-0.39, 0.29) is 17.8 Å². The Balaban J connectivity index is 1.58. The van der Waals surface area contributed by atoms with Crippen LogP contribution in [0.3, 0.4) is 0 Å². The highest BCUT2D eigenvalue weighted by atomic mass is 19.3. The normalized spacial score (nSPS) is 17.1. The Labute approximate surface area is 137 Å². The Bertz CT molecular complexity index is 680. The highest BCUT2D eigenvalue weighted by Crippen LogP contribution is 2.20. The van der Waals surface area contributed by atoms with Crippen molar-refractivity contribution in [2.75, 3.05) is 13.1 Å². The molecular formula is C17H16F2N2O3. The molecule has 126 valence electrons. The van der Waals surface area contributed by atoms with E-state index in [1.54, 1.807) is 23.2 Å². The molecule has 3 rings (SSSR count). The predicted molar refractivity (Wildman–Crippen MR) is 82.2 cm³/mol. The van der Waals surface area contributed by atoms with Crippen molar-refractivity contribution in [1.82, 2.24) is 9.88 Å². The topological polar surface area (TPSA) is 51.7 Å². The van der Waals surface area contributed by atoms with Crippen molar-refractivity contribution >= 4 is 5.91 Å². The van der Waals surface area contributed by atoms with Crippen molar-refractivity contribution < 1.29 is 23.0 Å². The van der Waals surface area contributed by atoms with Gasteiger partial charge in [-0.1, -0.05) is 6.07 Å². The molecule has 2 heterocycles. The first-order valence-electron chi connectivity index (χ1n) is 7.53. The summed E-state index contributed by atoms with van der Waals surface area (Å²) in [6.07, 6.45) is 2.26. The molecule has 0 saturated carbocycles. The third-order valence-electron chi connectivity index (χ3n) is 3.68. The Morgan fingerprint density at radius 1 is 1.21 bits per heavy atom. The van der Waals surface area contributed by atoms with Crippen LogP contribution in [0.1, 0.15) is 16.8 Å². The number of hydrogen-bond donors (Lipinski definition) is 0. The number of amides is 1. The van der Waals surface area contributed by atoms with E-state index < -0.39 is 6.61 Å². The molecule has 1 saturated heterocycles. The van der Waals surface area contributed by atoms with Crippen LogP contribution in [-0.4, -0.2) is 41.6 Å². The van der Waals surface area contributed by atoms with Gasteiger partial charge in [0.1, 0.15) is 11.9 Å². The molecule has 24 heavy (non-hydrogen) atoms. The van der Waals surface area contributed by atoms with Gasteiger partial charge in [0.15, 0.2) is 0 Å². The van der Waals surface area contributed by atoms with Crippen LogP contribution in [-0.2, 0) is 0 Å². The lowest BCUT2D eigenvalue weighted by molar-refractivity contribution is -0.0498. The van der Waals surface area contributed by atoms with E-state index in [0.717, 1.165) is 6.42 Å². The van der Waals surface area contributed by atoms with Crippen LogP contribution in [0, 0.1) is 0 Å². The summed E-state index contributed by atoms with van der Waals surface area (Å²) in [5, 5.41) is 0. The zero-order valence-corrected chi connectivity index (χ0v) is 12.8. The van der Waals surface area contributed by atoms with Gasteiger partial charge in [-0.3, -0.25) is 4.79 Å². The molecule has 0 unspecified atom stereocenters. The molecule has 0 N–H and O–H groups in total. The monoisotopic (exact) mass is 334 g/mol. The third-order valence-corrected chi connectivity index (χ3v) is 3.68. The average Bonchev–Trinajstić information content (AvgIpc) is 3.04. The Morgan fingerprint density at radius 2 is 2.00 bits per heavy atom. The van der Waals surface area contributed by atoms with Crippen LogP contribution in [0.2, 0.25) is 0 Å². The van der Waals surface area contributed by atoms with E-state index in [2.05, 4.69) is 9.72 Å². The van der Waals surface area contributed by atoms with E-state index in [9.17, 15) is 13.6 Å². The first-order chi connectivity index (χ1) is 11.6. The van der Waals surface area contributed by atoms with Gasteiger partial charge < -0.3 is 14.4 Å². The predicted octanol–water partition coefficient (Wildman–Crippen LogP) is 2.98. The van der Waals surface area contributed by atoms with Crippen LogP contribution in [0.5, 0.6) is 11.6 Å².